The zero-order valence-corrected chi connectivity index (χ0v) is 21.3. The lowest BCUT2D eigenvalue weighted by Gasteiger charge is -2.39. The number of hydrogen-bond acceptors (Lipinski definition) is 11. The Balaban J connectivity index is 1.13. The van der Waals surface area contributed by atoms with Gasteiger partial charge in [0.05, 0.1) is 5.56 Å². The standard InChI is InChI=1S/C28H28N10O/c29-17-24-31-14-9-23(35-24)36-28(39)10-15-37(16-11-28)18-19-5-7-20(8-6-19)38-26(21-3-1-12-32-25(21)30)34-22-4-2-13-33-27(22)38/h1-3,5-9,12-14,22,39H,4,10-11,15-16,18H2,(H2,30,32)(H,31,35,36). The Kier molecular flexibility index (Phi) is 6.48. The summed E-state index contributed by atoms with van der Waals surface area (Å²) in [4.78, 5) is 26.2. The van der Waals surface area contributed by atoms with E-state index in [0.29, 0.717) is 24.5 Å². The molecule has 4 N–H and O–H groups in total. The van der Waals surface area contributed by atoms with Gasteiger partial charge in [0.1, 0.15) is 41.1 Å². The fourth-order valence-corrected chi connectivity index (χ4v) is 5.13. The van der Waals surface area contributed by atoms with Crippen LogP contribution in [0.3, 0.4) is 0 Å². The number of benzene rings is 1. The lowest BCUT2D eigenvalue weighted by molar-refractivity contribution is 0.000197. The molecule has 0 amide bonds. The largest absolute Gasteiger partial charge is 0.383 e. The van der Waals surface area contributed by atoms with E-state index in [-0.39, 0.29) is 11.9 Å². The number of nitrogens with one attached hydrogen (secondary N) is 1. The quantitative estimate of drug-likeness (QED) is 0.417. The molecule has 196 valence electrons. The van der Waals surface area contributed by atoms with Gasteiger partial charge in [-0.3, -0.25) is 14.8 Å². The van der Waals surface area contributed by atoms with Crippen molar-refractivity contribution < 1.29 is 5.11 Å². The Labute approximate surface area is 226 Å². The van der Waals surface area contributed by atoms with Gasteiger partial charge in [0.25, 0.3) is 0 Å². The molecule has 3 aliphatic rings. The number of nitriles is 1. The zero-order chi connectivity index (χ0) is 26.8. The summed E-state index contributed by atoms with van der Waals surface area (Å²) in [6.07, 6.45) is 8.91. The van der Waals surface area contributed by atoms with Gasteiger partial charge in [0.2, 0.25) is 5.82 Å². The second-order valence-corrected chi connectivity index (χ2v) is 9.82. The third-order valence-corrected chi connectivity index (χ3v) is 7.17. The van der Waals surface area contributed by atoms with Gasteiger partial charge < -0.3 is 16.2 Å². The smallest absolute Gasteiger partial charge is 0.234 e. The van der Waals surface area contributed by atoms with E-state index in [2.05, 4.69) is 59.3 Å². The summed E-state index contributed by atoms with van der Waals surface area (Å²) in [6, 6.07) is 15.8. The topological polar surface area (TPSA) is 152 Å². The highest BCUT2D eigenvalue weighted by Gasteiger charge is 2.36. The molecule has 1 atom stereocenters. The van der Waals surface area contributed by atoms with E-state index >= 15 is 0 Å². The fraction of sp³-hybridized carbons (Fsp3) is 0.286. The maximum atomic E-state index is 11.0. The Morgan fingerprint density at radius 3 is 2.69 bits per heavy atom. The van der Waals surface area contributed by atoms with Crippen molar-refractivity contribution in [3.8, 4) is 6.07 Å². The molecular formula is C28H28N10O. The van der Waals surface area contributed by atoms with Crippen LogP contribution in [0, 0.1) is 11.3 Å². The number of piperidine rings is 1. The molecule has 39 heavy (non-hydrogen) atoms. The predicted molar refractivity (Wildman–Crippen MR) is 149 cm³/mol. The van der Waals surface area contributed by atoms with Crippen molar-refractivity contribution in [1.82, 2.24) is 19.9 Å². The highest BCUT2D eigenvalue weighted by molar-refractivity contribution is 6.31. The van der Waals surface area contributed by atoms with Crippen molar-refractivity contribution in [2.45, 2.75) is 37.6 Å². The first-order valence-electron chi connectivity index (χ1n) is 12.9. The van der Waals surface area contributed by atoms with Crippen molar-refractivity contribution in [3.63, 3.8) is 0 Å². The van der Waals surface area contributed by atoms with Crippen LogP contribution in [0.15, 0.2) is 77.1 Å². The Morgan fingerprint density at radius 1 is 1.10 bits per heavy atom. The highest BCUT2D eigenvalue weighted by Crippen LogP contribution is 2.31. The van der Waals surface area contributed by atoms with Crippen molar-refractivity contribution in [2.75, 3.05) is 29.0 Å². The average molecular weight is 521 g/mol. The molecule has 3 aliphatic heterocycles. The molecule has 0 aliphatic carbocycles. The molecule has 0 bridgehead atoms. The first-order valence-corrected chi connectivity index (χ1v) is 12.9. The molecular weight excluding hydrogens is 492 g/mol. The number of nitrogen functional groups attached to an aromatic ring is 1. The number of aliphatic imine (C=N–C) groups is 2. The Bertz CT molecular complexity index is 1500. The van der Waals surface area contributed by atoms with Crippen molar-refractivity contribution in [2.24, 2.45) is 9.98 Å². The minimum atomic E-state index is -1.08. The van der Waals surface area contributed by atoms with Gasteiger partial charge in [-0.2, -0.15) is 5.26 Å². The van der Waals surface area contributed by atoms with Crippen LogP contribution in [0.4, 0.5) is 17.3 Å². The van der Waals surface area contributed by atoms with Gasteiger partial charge in [0, 0.05) is 56.8 Å². The summed E-state index contributed by atoms with van der Waals surface area (Å²) >= 11 is 0. The van der Waals surface area contributed by atoms with Crippen LogP contribution in [-0.2, 0) is 6.54 Å². The summed E-state index contributed by atoms with van der Waals surface area (Å²) in [5.41, 5.74) is 8.07. The first-order chi connectivity index (χ1) is 19.0. The fourth-order valence-electron chi connectivity index (χ4n) is 5.13. The van der Waals surface area contributed by atoms with E-state index in [0.717, 1.165) is 49.0 Å². The highest BCUT2D eigenvalue weighted by atomic mass is 16.3. The number of pyridine rings is 1. The van der Waals surface area contributed by atoms with Gasteiger partial charge in [-0.15, -0.1) is 0 Å². The summed E-state index contributed by atoms with van der Waals surface area (Å²) < 4.78 is 0. The van der Waals surface area contributed by atoms with E-state index in [1.165, 1.54) is 11.8 Å². The molecule has 11 heteroatoms. The van der Waals surface area contributed by atoms with Crippen LogP contribution in [0.5, 0.6) is 0 Å². The van der Waals surface area contributed by atoms with Crippen molar-refractivity contribution in [1.29, 1.82) is 5.26 Å². The van der Waals surface area contributed by atoms with Crippen LogP contribution in [0.1, 0.15) is 36.2 Å². The van der Waals surface area contributed by atoms with Crippen LogP contribution >= 0.6 is 0 Å². The Morgan fingerprint density at radius 2 is 1.92 bits per heavy atom. The lowest BCUT2D eigenvalue weighted by atomic mass is 9.99. The molecule has 6 rings (SSSR count). The zero-order valence-electron chi connectivity index (χ0n) is 21.3. The molecule has 1 fully saturated rings. The minimum Gasteiger partial charge on any atom is -0.383 e. The van der Waals surface area contributed by atoms with Gasteiger partial charge in [0.15, 0.2) is 0 Å². The van der Waals surface area contributed by atoms with Gasteiger partial charge in [-0.25, -0.2) is 19.9 Å². The lowest BCUT2D eigenvalue weighted by Crippen LogP contribution is -2.49. The molecule has 0 saturated carbocycles. The van der Waals surface area contributed by atoms with Crippen LogP contribution in [-0.4, -0.2) is 61.5 Å². The SMILES string of the molecule is N#Cc1nccc(NC2(O)CCN(Cc3ccc(N4C(c5cccnc5N)=NC5CC=CN=C54)cc3)CC2)n1. The van der Waals surface area contributed by atoms with E-state index in [1.807, 2.05) is 30.5 Å². The minimum absolute atomic E-state index is 0.0427. The number of anilines is 3. The number of likely N-dealkylation sites (tertiary alicyclic amines) is 1. The Hall–Kier alpha value is -4.66. The molecule has 1 aromatic carbocycles. The third kappa shape index (κ3) is 5.07. The molecule has 1 saturated heterocycles. The van der Waals surface area contributed by atoms with Crippen molar-refractivity contribution >= 4 is 29.0 Å². The number of hydrogen-bond donors (Lipinski definition) is 3. The van der Waals surface area contributed by atoms with Gasteiger partial charge >= 0.3 is 0 Å². The summed E-state index contributed by atoms with van der Waals surface area (Å²) in [5.74, 6) is 2.61. The van der Waals surface area contributed by atoms with E-state index in [1.54, 1.807) is 12.3 Å². The molecule has 1 unspecified atom stereocenters. The number of rotatable bonds is 6. The van der Waals surface area contributed by atoms with E-state index in [9.17, 15) is 5.11 Å². The van der Waals surface area contributed by atoms with Gasteiger partial charge in [-0.05, 0) is 42.3 Å². The molecule has 0 radical (unpaired) electrons. The molecule has 3 aromatic rings. The number of aliphatic hydroxyl groups is 1. The second-order valence-electron chi connectivity index (χ2n) is 9.82. The van der Waals surface area contributed by atoms with E-state index in [4.69, 9.17) is 16.0 Å². The third-order valence-electron chi connectivity index (χ3n) is 7.17. The number of fused-ring (bicyclic) bond motifs is 1. The monoisotopic (exact) mass is 520 g/mol. The van der Waals surface area contributed by atoms with Crippen LogP contribution in [0.25, 0.3) is 0 Å². The summed E-state index contributed by atoms with van der Waals surface area (Å²) in [7, 11) is 0. The molecule has 5 heterocycles. The second kappa shape index (κ2) is 10.2. The maximum Gasteiger partial charge on any atom is 0.234 e. The number of amidine groups is 2. The number of aromatic nitrogens is 3. The predicted octanol–water partition coefficient (Wildman–Crippen LogP) is 2.67. The molecule has 11 nitrogen and oxygen atoms in total. The van der Waals surface area contributed by atoms with Gasteiger partial charge in [-0.1, -0.05) is 18.2 Å². The first kappa shape index (κ1) is 24.7. The van der Waals surface area contributed by atoms with Crippen molar-refractivity contribution in [3.05, 3.63) is 84.1 Å². The van der Waals surface area contributed by atoms with Crippen LogP contribution in [0.2, 0.25) is 0 Å². The molecule has 0 spiro atoms. The number of nitrogens with zero attached hydrogens (tertiary/aromatic N) is 8. The summed E-state index contributed by atoms with van der Waals surface area (Å²) in [6.45, 7) is 2.20. The summed E-state index contributed by atoms with van der Waals surface area (Å²) in [5, 5.41) is 23.1. The number of nitrogens with two attached hydrogens (primary N) is 1. The molecule has 2 aromatic heterocycles. The normalized spacial score (nSPS) is 20.1. The average Bonchev–Trinajstić information content (AvgIpc) is 3.34. The maximum absolute atomic E-state index is 11.0. The van der Waals surface area contributed by atoms with E-state index < -0.39 is 5.72 Å². The van der Waals surface area contributed by atoms with Crippen LogP contribution < -0.4 is 16.0 Å².